The third kappa shape index (κ3) is 5.20. The van der Waals surface area contributed by atoms with Crippen molar-refractivity contribution in [1.29, 1.82) is 0 Å². The second-order valence-electron chi connectivity index (χ2n) is 6.14. The number of benzene rings is 3. The number of methoxy groups -OCH3 is 1. The molecule has 0 aliphatic carbocycles. The minimum absolute atomic E-state index is 0.115. The molecule has 1 amide bonds. The average molecular weight is 374 g/mol. The van der Waals surface area contributed by atoms with Gasteiger partial charge in [-0.1, -0.05) is 54.6 Å². The van der Waals surface area contributed by atoms with E-state index in [1.807, 2.05) is 49.4 Å². The van der Waals surface area contributed by atoms with Crippen molar-refractivity contribution in [2.75, 3.05) is 13.7 Å². The molecule has 3 aromatic rings. The van der Waals surface area contributed by atoms with Crippen LogP contribution in [0.15, 0.2) is 84.0 Å². The van der Waals surface area contributed by atoms with Gasteiger partial charge in [-0.3, -0.25) is 4.79 Å². The van der Waals surface area contributed by atoms with E-state index in [9.17, 15) is 4.79 Å². The first-order chi connectivity index (χ1) is 13.7. The van der Waals surface area contributed by atoms with E-state index in [0.717, 1.165) is 28.2 Å². The second kappa shape index (κ2) is 9.37. The lowest BCUT2D eigenvalue weighted by molar-refractivity contribution is -0.123. The summed E-state index contributed by atoms with van der Waals surface area (Å²) in [6, 6.07) is 25.2. The number of hydrogen-bond acceptors (Lipinski definition) is 4. The zero-order valence-corrected chi connectivity index (χ0v) is 15.9. The second-order valence-corrected chi connectivity index (χ2v) is 6.14. The van der Waals surface area contributed by atoms with E-state index in [1.54, 1.807) is 31.4 Å². The molecule has 1 N–H and O–H groups in total. The largest absolute Gasteiger partial charge is 0.497 e. The molecule has 0 heterocycles. The van der Waals surface area contributed by atoms with Crippen LogP contribution in [0, 0.1) is 0 Å². The van der Waals surface area contributed by atoms with Crippen LogP contribution in [0.5, 0.6) is 11.5 Å². The fourth-order valence-corrected chi connectivity index (χ4v) is 2.60. The van der Waals surface area contributed by atoms with Crippen molar-refractivity contribution in [3.05, 3.63) is 84.4 Å². The highest BCUT2D eigenvalue weighted by molar-refractivity contribution is 5.99. The summed E-state index contributed by atoms with van der Waals surface area (Å²) in [5.41, 5.74) is 6.47. The Balaban J connectivity index is 1.53. The van der Waals surface area contributed by atoms with Crippen molar-refractivity contribution < 1.29 is 14.3 Å². The van der Waals surface area contributed by atoms with Crippen LogP contribution in [0.2, 0.25) is 0 Å². The van der Waals surface area contributed by atoms with Gasteiger partial charge in [-0.15, -0.1) is 0 Å². The van der Waals surface area contributed by atoms with Crippen LogP contribution in [-0.2, 0) is 4.79 Å². The fourth-order valence-electron chi connectivity index (χ4n) is 2.60. The zero-order chi connectivity index (χ0) is 19.8. The maximum absolute atomic E-state index is 11.9. The summed E-state index contributed by atoms with van der Waals surface area (Å²) < 4.78 is 10.5. The van der Waals surface area contributed by atoms with Gasteiger partial charge in [0.05, 0.1) is 12.8 Å². The molecule has 0 spiro atoms. The zero-order valence-electron chi connectivity index (χ0n) is 15.9. The van der Waals surface area contributed by atoms with Crippen LogP contribution in [-0.4, -0.2) is 25.3 Å². The van der Waals surface area contributed by atoms with Gasteiger partial charge in [-0.2, -0.15) is 5.10 Å². The maximum Gasteiger partial charge on any atom is 0.277 e. The van der Waals surface area contributed by atoms with Gasteiger partial charge in [0.1, 0.15) is 11.5 Å². The lowest BCUT2D eigenvalue weighted by Gasteiger charge is -2.07. The summed E-state index contributed by atoms with van der Waals surface area (Å²) in [7, 11) is 1.60. The molecule has 0 atom stereocenters. The molecule has 0 fully saturated rings. The van der Waals surface area contributed by atoms with Crippen molar-refractivity contribution in [3.63, 3.8) is 0 Å². The molecule has 0 saturated carbocycles. The molecule has 3 rings (SSSR count). The Morgan fingerprint density at radius 2 is 1.46 bits per heavy atom. The standard InChI is InChI=1S/C23H22N2O3/c1-17(18-8-10-20(11-9-18)19-6-4-3-5-7-19)24-25-23(26)16-28-22-14-12-21(27-2)13-15-22/h3-15H,16H2,1-2H3,(H,25,26)/b24-17+. The van der Waals surface area contributed by atoms with Gasteiger partial charge >= 0.3 is 0 Å². The summed E-state index contributed by atoms with van der Waals surface area (Å²) in [5, 5.41) is 4.15. The summed E-state index contributed by atoms with van der Waals surface area (Å²) in [5.74, 6) is 1.000. The normalized spacial score (nSPS) is 11.0. The Hall–Kier alpha value is -3.60. The Morgan fingerprint density at radius 3 is 2.11 bits per heavy atom. The number of nitrogens with one attached hydrogen (secondary N) is 1. The molecule has 0 unspecified atom stereocenters. The van der Waals surface area contributed by atoms with E-state index in [4.69, 9.17) is 9.47 Å². The van der Waals surface area contributed by atoms with E-state index in [1.165, 1.54) is 0 Å². The minimum atomic E-state index is -0.323. The molecular weight excluding hydrogens is 352 g/mol. The highest BCUT2D eigenvalue weighted by Crippen LogP contribution is 2.19. The van der Waals surface area contributed by atoms with Crippen LogP contribution >= 0.6 is 0 Å². The lowest BCUT2D eigenvalue weighted by atomic mass is 10.0. The molecule has 28 heavy (non-hydrogen) atoms. The summed E-state index contributed by atoms with van der Waals surface area (Å²) in [6.45, 7) is 1.73. The van der Waals surface area contributed by atoms with Gasteiger partial charge in [-0.25, -0.2) is 5.43 Å². The minimum Gasteiger partial charge on any atom is -0.497 e. The van der Waals surface area contributed by atoms with Gasteiger partial charge in [0, 0.05) is 0 Å². The quantitative estimate of drug-likeness (QED) is 0.496. The third-order valence-electron chi connectivity index (χ3n) is 4.19. The molecule has 5 heteroatoms. The van der Waals surface area contributed by atoms with Gasteiger partial charge < -0.3 is 9.47 Å². The Bertz CT molecular complexity index is 934. The molecular formula is C23H22N2O3. The summed E-state index contributed by atoms with van der Waals surface area (Å²) in [6.07, 6.45) is 0. The molecule has 142 valence electrons. The number of carbonyl (C=O) groups is 1. The molecule has 3 aromatic carbocycles. The number of rotatable bonds is 7. The van der Waals surface area contributed by atoms with E-state index >= 15 is 0 Å². The van der Waals surface area contributed by atoms with Crippen LogP contribution in [0.1, 0.15) is 12.5 Å². The molecule has 0 bridgehead atoms. The van der Waals surface area contributed by atoms with Gasteiger partial charge in [0.15, 0.2) is 6.61 Å². The Labute approximate surface area is 164 Å². The predicted octanol–water partition coefficient (Wildman–Crippen LogP) is 4.28. The monoisotopic (exact) mass is 374 g/mol. The molecule has 0 saturated heterocycles. The Morgan fingerprint density at radius 1 is 0.857 bits per heavy atom. The molecule has 0 aliphatic heterocycles. The Kier molecular flexibility index (Phi) is 6.41. The highest BCUT2D eigenvalue weighted by Gasteiger charge is 2.04. The van der Waals surface area contributed by atoms with E-state index in [2.05, 4.69) is 22.7 Å². The number of nitrogens with zero attached hydrogens (tertiary/aromatic N) is 1. The highest BCUT2D eigenvalue weighted by atomic mass is 16.5. The van der Waals surface area contributed by atoms with Crippen molar-refractivity contribution in [2.24, 2.45) is 5.10 Å². The number of amides is 1. The number of hydrogen-bond donors (Lipinski definition) is 1. The van der Waals surface area contributed by atoms with E-state index in [-0.39, 0.29) is 12.5 Å². The first kappa shape index (κ1) is 19.2. The van der Waals surface area contributed by atoms with Crippen molar-refractivity contribution in [3.8, 4) is 22.6 Å². The number of ether oxygens (including phenoxy) is 2. The van der Waals surface area contributed by atoms with Gasteiger partial charge in [-0.05, 0) is 47.9 Å². The van der Waals surface area contributed by atoms with Crippen LogP contribution < -0.4 is 14.9 Å². The first-order valence-corrected chi connectivity index (χ1v) is 8.91. The topological polar surface area (TPSA) is 59.9 Å². The van der Waals surface area contributed by atoms with E-state index < -0.39 is 0 Å². The fraction of sp³-hybridized carbons (Fsp3) is 0.130. The van der Waals surface area contributed by atoms with Gasteiger partial charge in [0.25, 0.3) is 5.91 Å². The first-order valence-electron chi connectivity index (χ1n) is 8.91. The van der Waals surface area contributed by atoms with Crippen molar-refractivity contribution >= 4 is 11.6 Å². The summed E-state index contributed by atoms with van der Waals surface area (Å²) in [4.78, 5) is 11.9. The molecule has 0 radical (unpaired) electrons. The summed E-state index contributed by atoms with van der Waals surface area (Å²) >= 11 is 0. The van der Waals surface area contributed by atoms with Crippen molar-refractivity contribution in [2.45, 2.75) is 6.92 Å². The lowest BCUT2D eigenvalue weighted by Crippen LogP contribution is -2.25. The number of carbonyl (C=O) groups excluding carboxylic acids is 1. The van der Waals surface area contributed by atoms with Crippen LogP contribution in [0.25, 0.3) is 11.1 Å². The maximum atomic E-state index is 11.9. The smallest absolute Gasteiger partial charge is 0.277 e. The van der Waals surface area contributed by atoms with Crippen molar-refractivity contribution in [1.82, 2.24) is 5.43 Å². The number of hydrazone groups is 1. The molecule has 0 aliphatic rings. The average Bonchev–Trinajstić information content (AvgIpc) is 2.77. The SMILES string of the molecule is COc1ccc(OCC(=O)N/N=C(\C)c2ccc(-c3ccccc3)cc2)cc1. The third-order valence-corrected chi connectivity index (χ3v) is 4.19. The molecule has 0 aromatic heterocycles. The van der Waals surface area contributed by atoms with Crippen LogP contribution in [0.3, 0.4) is 0 Å². The van der Waals surface area contributed by atoms with Gasteiger partial charge in [0.2, 0.25) is 0 Å². The molecule has 5 nitrogen and oxygen atoms in total. The van der Waals surface area contributed by atoms with Crippen LogP contribution in [0.4, 0.5) is 0 Å². The van der Waals surface area contributed by atoms with E-state index in [0.29, 0.717) is 5.75 Å². The predicted molar refractivity (Wildman–Crippen MR) is 111 cm³/mol.